The Labute approximate surface area is 81.5 Å². The SMILES string of the molecule is CNCc1cnc(-c2cn[nH]c2C)o1. The molecule has 0 saturated heterocycles. The first-order valence-electron chi connectivity index (χ1n) is 4.41. The molecule has 0 atom stereocenters. The van der Waals surface area contributed by atoms with Gasteiger partial charge >= 0.3 is 0 Å². The van der Waals surface area contributed by atoms with Crippen LogP contribution in [0, 0.1) is 6.92 Å². The molecule has 5 heteroatoms. The molecular formula is C9H12N4O. The number of nitrogens with one attached hydrogen (secondary N) is 2. The van der Waals surface area contributed by atoms with Crippen molar-refractivity contribution in [1.82, 2.24) is 20.5 Å². The Hall–Kier alpha value is -1.62. The van der Waals surface area contributed by atoms with Gasteiger partial charge in [0, 0.05) is 5.69 Å². The summed E-state index contributed by atoms with van der Waals surface area (Å²) in [6.07, 6.45) is 3.43. The summed E-state index contributed by atoms with van der Waals surface area (Å²) >= 11 is 0. The van der Waals surface area contributed by atoms with Crippen molar-refractivity contribution in [3.8, 4) is 11.5 Å². The molecule has 0 fully saturated rings. The summed E-state index contributed by atoms with van der Waals surface area (Å²) in [5.74, 6) is 1.43. The maximum absolute atomic E-state index is 5.52. The third-order valence-corrected chi connectivity index (χ3v) is 1.96. The number of hydrogen-bond acceptors (Lipinski definition) is 4. The Morgan fingerprint density at radius 3 is 3.00 bits per heavy atom. The molecule has 0 amide bonds. The predicted molar refractivity (Wildman–Crippen MR) is 51.6 cm³/mol. The molecule has 2 heterocycles. The van der Waals surface area contributed by atoms with E-state index in [-0.39, 0.29) is 0 Å². The molecule has 74 valence electrons. The van der Waals surface area contributed by atoms with Gasteiger partial charge in [-0.1, -0.05) is 0 Å². The summed E-state index contributed by atoms with van der Waals surface area (Å²) in [6.45, 7) is 2.62. The van der Waals surface area contributed by atoms with Crippen molar-refractivity contribution < 1.29 is 4.42 Å². The van der Waals surface area contributed by atoms with Crippen LogP contribution in [0.2, 0.25) is 0 Å². The predicted octanol–water partition coefficient (Wildman–Crippen LogP) is 1.09. The van der Waals surface area contributed by atoms with Gasteiger partial charge in [0.1, 0.15) is 5.76 Å². The van der Waals surface area contributed by atoms with Gasteiger partial charge in [0.15, 0.2) is 0 Å². The minimum Gasteiger partial charge on any atom is -0.440 e. The lowest BCUT2D eigenvalue weighted by molar-refractivity contribution is 0.503. The van der Waals surface area contributed by atoms with Crippen molar-refractivity contribution in [2.75, 3.05) is 7.05 Å². The van der Waals surface area contributed by atoms with E-state index in [0.29, 0.717) is 12.4 Å². The fourth-order valence-electron chi connectivity index (χ4n) is 1.25. The van der Waals surface area contributed by atoms with Gasteiger partial charge in [-0.15, -0.1) is 0 Å². The molecule has 5 nitrogen and oxygen atoms in total. The highest BCUT2D eigenvalue weighted by Crippen LogP contribution is 2.20. The quantitative estimate of drug-likeness (QED) is 0.764. The van der Waals surface area contributed by atoms with Crippen molar-refractivity contribution >= 4 is 0 Å². The number of rotatable bonds is 3. The molecule has 2 N–H and O–H groups in total. The molecule has 0 radical (unpaired) electrons. The van der Waals surface area contributed by atoms with Gasteiger partial charge in [-0.3, -0.25) is 5.10 Å². The second kappa shape index (κ2) is 3.63. The molecule has 0 aliphatic heterocycles. The zero-order valence-electron chi connectivity index (χ0n) is 8.16. The molecule has 2 aromatic heterocycles. The van der Waals surface area contributed by atoms with E-state index in [1.807, 2.05) is 14.0 Å². The fourth-order valence-corrected chi connectivity index (χ4v) is 1.25. The second-order valence-corrected chi connectivity index (χ2v) is 3.07. The zero-order chi connectivity index (χ0) is 9.97. The van der Waals surface area contributed by atoms with E-state index in [4.69, 9.17) is 4.42 Å². The van der Waals surface area contributed by atoms with E-state index in [1.54, 1.807) is 12.4 Å². The largest absolute Gasteiger partial charge is 0.440 e. The third kappa shape index (κ3) is 1.54. The highest BCUT2D eigenvalue weighted by atomic mass is 16.4. The van der Waals surface area contributed by atoms with E-state index in [1.165, 1.54) is 0 Å². The number of hydrogen-bond donors (Lipinski definition) is 2. The summed E-state index contributed by atoms with van der Waals surface area (Å²) < 4.78 is 5.52. The Kier molecular flexibility index (Phi) is 2.32. The Morgan fingerprint density at radius 1 is 1.50 bits per heavy atom. The van der Waals surface area contributed by atoms with Crippen LogP contribution in [0.15, 0.2) is 16.8 Å². The van der Waals surface area contributed by atoms with Crippen LogP contribution < -0.4 is 5.32 Å². The van der Waals surface area contributed by atoms with Gasteiger partial charge in [-0.05, 0) is 14.0 Å². The molecule has 14 heavy (non-hydrogen) atoms. The van der Waals surface area contributed by atoms with Crippen molar-refractivity contribution in [2.45, 2.75) is 13.5 Å². The first-order chi connectivity index (χ1) is 6.81. The van der Waals surface area contributed by atoms with Crippen molar-refractivity contribution in [3.63, 3.8) is 0 Å². The van der Waals surface area contributed by atoms with Crippen LogP contribution >= 0.6 is 0 Å². The van der Waals surface area contributed by atoms with E-state index < -0.39 is 0 Å². The number of aryl methyl sites for hydroxylation is 1. The maximum atomic E-state index is 5.52. The van der Waals surface area contributed by atoms with Gasteiger partial charge < -0.3 is 9.73 Å². The average Bonchev–Trinajstić information content (AvgIpc) is 2.74. The monoisotopic (exact) mass is 192 g/mol. The number of aromatic nitrogens is 3. The minimum absolute atomic E-state index is 0.612. The number of nitrogens with zero attached hydrogens (tertiary/aromatic N) is 2. The van der Waals surface area contributed by atoms with Crippen LogP contribution in [0.1, 0.15) is 11.5 Å². The molecule has 0 bridgehead atoms. The summed E-state index contributed by atoms with van der Waals surface area (Å²) in [5.41, 5.74) is 1.87. The molecular weight excluding hydrogens is 180 g/mol. The zero-order valence-corrected chi connectivity index (χ0v) is 8.16. The number of aromatic amines is 1. The Morgan fingerprint density at radius 2 is 2.36 bits per heavy atom. The van der Waals surface area contributed by atoms with Gasteiger partial charge in [0.2, 0.25) is 5.89 Å². The summed E-state index contributed by atoms with van der Waals surface area (Å²) in [6, 6.07) is 0. The maximum Gasteiger partial charge on any atom is 0.229 e. The van der Waals surface area contributed by atoms with Gasteiger partial charge in [-0.2, -0.15) is 5.10 Å². The normalized spacial score (nSPS) is 10.7. The standard InChI is InChI=1S/C9H12N4O/c1-6-8(5-12-13-6)9-11-4-7(14-9)3-10-2/h4-5,10H,3H2,1-2H3,(H,12,13). The molecule has 2 rings (SSSR count). The van der Waals surface area contributed by atoms with Gasteiger partial charge in [0.05, 0.1) is 24.5 Å². The van der Waals surface area contributed by atoms with Crippen LogP contribution in [0.5, 0.6) is 0 Å². The van der Waals surface area contributed by atoms with Crippen molar-refractivity contribution in [3.05, 3.63) is 23.8 Å². The van der Waals surface area contributed by atoms with Crippen molar-refractivity contribution in [1.29, 1.82) is 0 Å². The molecule has 0 spiro atoms. The van der Waals surface area contributed by atoms with Crippen LogP contribution in [0.3, 0.4) is 0 Å². The lowest BCUT2D eigenvalue weighted by atomic mass is 10.3. The molecule has 0 aromatic carbocycles. The molecule has 0 aliphatic rings. The molecule has 0 aliphatic carbocycles. The number of H-pyrrole nitrogens is 1. The first kappa shape index (κ1) is 8.96. The fraction of sp³-hybridized carbons (Fsp3) is 0.333. The second-order valence-electron chi connectivity index (χ2n) is 3.07. The van der Waals surface area contributed by atoms with Crippen LogP contribution in [0.25, 0.3) is 11.5 Å². The van der Waals surface area contributed by atoms with Gasteiger partial charge in [-0.25, -0.2) is 4.98 Å². The highest BCUT2D eigenvalue weighted by molar-refractivity contribution is 5.54. The Bertz CT molecular complexity index is 418. The molecule has 0 unspecified atom stereocenters. The number of oxazole rings is 1. The first-order valence-corrected chi connectivity index (χ1v) is 4.41. The van der Waals surface area contributed by atoms with E-state index in [0.717, 1.165) is 17.0 Å². The summed E-state index contributed by atoms with van der Waals surface area (Å²) in [4.78, 5) is 4.17. The minimum atomic E-state index is 0.612. The lowest BCUT2D eigenvalue weighted by Gasteiger charge is -1.92. The topological polar surface area (TPSA) is 66.7 Å². The smallest absolute Gasteiger partial charge is 0.229 e. The van der Waals surface area contributed by atoms with E-state index >= 15 is 0 Å². The van der Waals surface area contributed by atoms with Crippen LogP contribution in [-0.2, 0) is 6.54 Å². The summed E-state index contributed by atoms with van der Waals surface area (Å²) in [5, 5.41) is 9.76. The van der Waals surface area contributed by atoms with E-state index in [9.17, 15) is 0 Å². The Balaban J connectivity index is 2.29. The van der Waals surface area contributed by atoms with Crippen LogP contribution in [-0.4, -0.2) is 22.2 Å². The summed E-state index contributed by atoms with van der Waals surface area (Å²) in [7, 11) is 1.87. The van der Waals surface area contributed by atoms with Gasteiger partial charge in [0.25, 0.3) is 0 Å². The van der Waals surface area contributed by atoms with E-state index in [2.05, 4.69) is 20.5 Å². The van der Waals surface area contributed by atoms with Crippen molar-refractivity contribution in [2.24, 2.45) is 0 Å². The van der Waals surface area contributed by atoms with Crippen LogP contribution in [0.4, 0.5) is 0 Å². The highest BCUT2D eigenvalue weighted by Gasteiger charge is 2.09. The molecule has 2 aromatic rings. The lowest BCUT2D eigenvalue weighted by Crippen LogP contribution is -2.03. The molecule has 0 saturated carbocycles. The average molecular weight is 192 g/mol. The third-order valence-electron chi connectivity index (χ3n) is 1.96.